The van der Waals surface area contributed by atoms with Crippen LogP contribution in [0.5, 0.6) is 0 Å². The molecule has 12 heteroatoms. The van der Waals surface area contributed by atoms with Crippen molar-refractivity contribution >= 4 is 23.2 Å². The zero-order valence-corrected chi connectivity index (χ0v) is 23.1. The second-order valence-corrected chi connectivity index (χ2v) is 13.1. The first-order chi connectivity index (χ1) is 18.8. The van der Waals surface area contributed by atoms with E-state index in [1.54, 1.807) is 11.7 Å². The molecule has 4 aliphatic rings. The van der Waals surface area contributed by atoms with Gasteiger partial charge in [0, 0.05) is 50.3 Å². The summed E-state index contributed by atoms with van der Waals surface area (Å²) in [5, 5.41) is 13.5. The van der Waals surface area contributed by atoms with E-state index in [0.29, 0.717) is 49.3 Å². The van der Waals surface area contributed by atoms with E-state index in [-0.39, 0.29) is 40.7 Å². The number of nitrogens with zero attached hydrogens (tertiary/aromatic N) is 7. The van der Waals surface area contributed by atoms with Crippen molar-refractivity contribution in [1.82, 2.24) is 34.8 Å². The number of carbonyl (C=O) groups is 2. The summed E-state index contributed by atoms with van der Waals surface area (Å²) in [5.41, 5.74) is 2.30. The molecule has 0 aromatic carbocycles. The molecule has 39 heavy (non-hydrogen) atoms. The molecule has 3 aromatic heterocycles. The van der Waals surface area contributed by atoms with Crippen LogP contribution in [0.2, 0.25) is 0 Å². The van der Waals surface area contributed by atoms with Crippen molar-refractivity contribution in [1.29, 1.82) is 0 Å². The van der Waals surface area contributed by atoms with E-state index in [9.17, 15) is 9.59 Å². The maximum atomic E-state index is 13.2. The highest BCUT2D eigenvalue weighted by atomic mass is 32.1. The van der Waals surface area contributed by atoms with Crippen LogP contribution < -0.4 is 0 Å². The summed E-state index contributed by atoms with van der Waals surface area (Å²) in [5.74, 6) is 1.16. The van der Waals surface area contributed by atoms with Crippen molar-refractivity contribution in [2.24, 2.45) is 16.7 Å². The van der Waals surface area contributed by atoms with E-state index < -0.39 is 0 Å². The van der Waals surface area contributed by atoms with Gasteiger partial charge >= 0.3 is 0 Å². The zero-order chi connectivity index (χ0) is 26.8. The molecule has 1 spiro atoms. The topological polar surface area (TPSA) is 119 Å². The molecule has 1 aliphatic carbocycles. The van der Waals surface area contributed by atoms with Crippen molar-refractivity contribution in [3.8, 4) is 0 Å². The van der Waals surface area contributed by atoms with E-state index in [4.69, 9.17) is 9.15 Å². The Morgan fingerprint density at radius 1 is 1.15 bits per heavy atom. The van der Waals surface area contributed by atoms with Gasteiger partial charge in [0.25, 0.3) is 5.91 Å². The Bertz CT molecular complexity index is 1370. The fraction of sp³-hybridized carbons (Fsp3) is 0.630. The molecule has 0 radical (unpaired) electrons. The standard InChI is InChI=1S/C27H33N7O4S/c1-26(2)10-18(26)24(35)33-14-27(15-33)13-32(25(36)20-11-28-16-39-20)12-19(27)23-30-29-21(38-23)9-17-6-7-34(31-17)22-5-3-4-8-37-22/h6-7,11,16,18-19,22H,3-5,8-10,12-15H2,1-2H3/t18-,19?,22?/m1/s1. The highest BCUT2D eigenvalue weighted by Gasteiger charge is 2.61. The molecule has 4 fully saturated rings. The lowest BCUT2D eigenvalue weighted by molar-refractivity contribution is -0.146. The molecule has 3 saturated heterocycles. The third-order valence-electron chi connectivity index (χ3n) is 8.94. The second kappa shape index (κ2) is 9.22. The quantitative estimate of drug-likeness (QED) is 0.458. The molecule has 11 nitrogen and oxygen atoms in total. The van der Waals surface area contributed by atoms with Crippen LogP contribution in [0.3, 0.4) is 0 Å². The Morgan fingerprint density at radius 3 is 2.69 bits per heavy atom. The predicted molar refractivity (Wildman–Crippen MR) is 140 cm³/mol. The summed E-state index contributed by atoms with van der Waals surface area (Å²) in [6.07, 6.45) is 8.10. The average Bonchev–Trinajstić information content (AvgIpc) is 3.55. The lowest BCUT2D eigenvalue weighted by Crippen LogP contribution is -2.62. The van der Waals surface area contributed by atoms with E-state index in [2.05, 4.69) is 34.1 Å². The molecule has 1 saturated carbocycles. The van der Waals surface area contributed by atoms with Gasteiger partial charge in [0.05, 0.1) is 29.7 Å². The minimum atomic E-state index is -0.293. The van der Waals surface area contributed by atoms with E-state index in [1.165, 1.54) is 11.3 Å². The Morgan fingerprint density at radius 2 is 1.97 bits per heavy atom. The fourth-order valence-electron chi connectivity index (χ4n) is 6.44. The van der Waals surface area contributed by atoms with Crippen molar-refractivity contribution in [3.63, 3.8) is 0 Å². The second-order valence-electron chi connectivity index (χ2n) is 12.2. The summed E-state index contributed by atoms with van der Waals surface area (Å²) in [4.78, 5) is 34.8. The molecule has 0 bridgehead atoms. The summed E-state index contributed by atoms with van der Waals surface area (Å²) in [7, 11) is 0. The van der Waals surface area contributed by atoms with Gasteiger partial charge in [0.15, 0.2) is 0 Å². The molecular weight excluding hydrogens is 518 g/mol. The van der Waals surface area contributed by atoms with Crippen LogP contribution in [-0.4, -0.2) is 79.4 Å². The Kier molecular flexibility index (Phi) is 5.89. The number of ether oxygens (including phenoxy) is 1. The van der Waals surface area contributed by atoms with Crippen LogP contribution >= 0.6 is 11.3 Å². The molecule has 3 aliphatic heterocycles. The highest BCUT2D eigenvalue weighted by Crippen LogP contribution is 2.55. The minimum absolute atomic E-state index is 0.0170. The third-order valence-corrected chi connectivity index (χ3v) is 9.70. The van der Waals surface area contributed by atoms with E-state index in [1.807, 2.05) is 26.7 Å². The number of aromatic nitrogens is 5. The third kappa shape index (κ3) is 4.47. The number of carbonyl (C=O) groups excluding carboxylic acids is 2. The molecule has 3 atom stereocenters. The van der Waals surface area contributed by atoms with Crippen LogP contribution in [0.4, 0.5) is 0 Å². The first kappa shape index (κ1) is 24.9. The molecule has 0 N–H and O–H groups in total. The van der Waals surface area contributed by atoms with Crippen LogP contribution in [0.1, 0.15) is 78.8 Å². The predicted octanol–water partition coefficient (Wildman–Crippen LogP) is 3.13. The van der Waals surface area contributed by atoms with Gasteiger partial charge in [0.1, 0.15) is 11.1 Å². The van der Waals surface area contributed by atoms with Gasteiger partial charge in [-0.1, -0.05) is 13.8 Å². The fourth-order valence-corrected chi connectivity index (χ4v) is 7.03. The molecule has 2 amide bonds. The number of amides is 2. The van der Waals surface area contributed by atoms with Gasteiger partial charge in [0.2, 0.25) is 17.7 Å². The van der Waals surface area contributed by atoms with Crippen molar-refractivity contribution in [3.05, 3.63) is 46.3 Å². The van der Waals surface area contributed by atoms with E-state index in [0.717, 1.165) is 38.0 Å². The van der Waals surface area contributed by atoms with Gasteiger partial charge < -0.3 is 19.0 Å². The van der Waals surface area contributed by atoms with E-state index >= 15 is 0 Å². The van der Waals surface area contributed by atoms with Crippen molar-refractivity contribution in [2.45, 2.75) is 58.1 Å². The van der Waals surface area contributed by atoms with Crippen LogP contribution in [-0.2, 0) is 16.0 Å². The molecule has 7 rings (SSSR count). The minimum Gasteiger partial charge on any atom is -0.424 e. The normalized spacial score (nSPS) is 27.1. The lowest BCUT2D eigenvalue weighted by atomic mass is 9.71. The Labute approximate surface area is 230 Å². The Balaban J connectivity index is 1.08. The zero-order valence-electron chi connectivity index (χ0n) is 22.3. The molecular formula is C27H33N7O4S. The lowest BCUT2D eigenvalue weighted by Gasteiger charge is -2.50. The highest BCUT2D eigenvalue weighted by molar-refractivity contribution is 7.11. The first-order valence-electron chi connectivity index (χ1n) is 13.8. The monoisotopic (exact) mass is 551 g/mol. The van der Waals surface area contributed by atoms with Crippen LogP contribution in [0.15, 0.2) is 28.4 Å². The molecule has 206 valence electrons. The maximum absolute atomic E-state index is 13.2. The summed E-state index contributed by atoms with van der Waals surface area (Å²) < 4.78 is 13.9. The van der Waals surface area contributed by atoms with Crippen LogP contribution in [0.25, 0.3) is 0 Å². The maximum Gasteiger partial charge on any atom is 0.265 e. The number of likely N-dealkylation sites (tertiary alicyclic amines) is 2. The Hall–Kier alpha value is -3.12. The number of hydrogen-bond acceptors (Lipinski definition) is 9. The summed E-state index contributed by atoms with van der Waals surface area (Å²) >= 11 is 1.34. The molecule has 6 heterocycles. The number of hydrogen-bond donors (Lipinski definition) is 0. The smallest absolute Gasteiger partial charge is 0.265 e. The number of rotatable bonds is 6. The largest absolute Gasteiger partial charge is 0.424 e. The van der Waals surface area contributed by atoms with Crippen LogP contribution in [0, 0.1) is 16.7 Å². The summed E-state index contributed by atoms with van der Waals surface area (Å²) in [6.45, 7) is 7.27. The number of thiazole rings is 1. The summed E-state index contributed by atoms with van der Waals surface area (Å²) in [6, 6.07) is 1.96. The van der Waals surface area contributed by atoms with Gasteiger partial charge in [-0.05, 0) is 37.2 Å². The SMILES string of the molecule is CC1(C)C[C@@H]1C(=O)N1CC2(CN(C(=O)c3cncs3)CC2c2nnc(Cc3ccn(C4CCCCO4)n3)o2)C1. The van der Waals surface area contributed by atoms with Gasteiger partial charge in [-0.25, -0.2) is 4.68 Å². The molecule has 3 aromatic rings. The van der Waals surface area contributed by atoms with Gasteiger partial charge in [-0.3, -0.25) is 14.6 Å². The van der Waals surface area contributed by atoms with Crippen molar-refractivity contribution in [2.75, 3.05) is 32.8 Å². The van der Waals surface area contributed by atoms with Gasteiger partial charge in [-0.15, -0.1) is 21.5 Å². The first-order valence-corrected chi connectivity index (χ1v) is 14.6. The molecule has 2 unspecified atom stereocenters. The van der Waals surface area contributed by atoms with Crippen molar-refractivity contribution < 1.29 is 18.7 Å². The average molecular weight is 552 g/mol. The van der Waals surface area contributed by atoms with Gasteiger partial charge in [-0.2, -0.15) is 5.10 Å².